The Bertz CT molecular complexity index is 429. The highest BCUT2D eigenvalue weighted by molar-refractivity contribution is 7.78. The Morgan fingerprint density at radius 2 is 2.27 bits per heavy atom. The number of halogens is 1. The summed E-state index contributed by atoms with van der Waals surface area (Å²) in [5.41, 5.74) is 1.33. The van der Waals surface area contributed by atoms with Crippen LogP contribution in [0, 0.1) is 0 Å². The number of hydrogen-bond donors (Lipinski definition) is 0. The van der Waals surface area contributed by atoms with Gasteiger partial charge >= 0.3 is 0 Å². The highest BCUT2D eigenvalue weighted by atomic mass is 35.5. The number of hydrogen-bond acceptors (Lipinski definition) is 3. The van der Waals surface area contributed by atoms with Crippen molar-refractivity contribution in [2.45, 2.75) is 5.75 Å². The van der Waals surface area contributed by atoms with Gasteiger partial charge in [0.2, 0.25) is 0 Å². The maximum atomic E-state index is 11.0. The Morgan fingerprint density at radius 1 is 1.60 bits per heavy atom. The molecule has 1 unspecified atom stereocenters. The first-order valence-corrected chi connectivity index (χ1v) is 5.68. The molecular weight excluding hydrogens is 236 g/mol. The highest BCUT2D eigenvalue weighted by Crippen LogP contribution is 2.16. The molecule has 1 atom stereocenters. The van der Waals surface area contributed by atoms with E-state index in [1.165, 1.54) is 6.07 Å². The van der Waals surface area contributed by atoms with Gasteiger partial charge in [0.05, 0.1) is 0 Å². The van der Waals surface area contributed by atoms with Crippen molar-refractivity contribution in [1.82, 2.24) is 0 Å². The third-order valence-electron chi connectivity index (χ3n) is 1.85. The van der Waals surface area contributed by atoms with Gasteiger partial charge < -0.3 is 4.55 Å². The topological polar surface area (TPSA) is 57.2 Å². The molecule has 0 heterocycles. The molecule has 5 heteroatoms. The molecule has 0 saturated carbocycles. The standard InChI is InChI=1S/C10H9ClO3S/c1-2-7-3-4-8(6-15(13)14)9(5-7)10(11)12/h2-5H,1,6H2,(H,13,14)/p-1. The normalized spacial score (nSPS) is 12.1. The molecule has 0 aliphatic rings. The molecule has 0 radical (unpaired) electrons. The molecule has 1 aromatic carbocycles. The second kappa shape index (κ2) is 5.21. The summed E-state index contributed by atoms with van der Waals surface area (Å²) in [7, 11) is 0. The molecule has 0 aliphatic carbocycles. The van der Waals surface area contributed by atoms with Gasteiger partial charge in [-0.1, -0.05) is 35.9 Å². The lowest BCUT2D eigenvalue weighted by atomic mass is 10.1. The fraction of sp³-hybridized carbons (Fsp3) is 0.100. The van der Waals surface area contributed by atoms with E-state index < -0.39 is 16.3 Å². The maximum Gasteiger partial charge on any atom is 0.252 e. The van der Waals surface area contributed by atoms with Crippen molar-refractivity contribution in [1.29, 1.82) is 0 Å². The van der Waals surface area contributed by atoms with E-state index in [0.29, 0.717) is 5.56 Å². The fourth-order valence-corrected chi connectivity index (χ4v) is 1.84. The van der Waals surface area contributed by atoms with E-state index in [4.69, 9.17) is 11.6 Å². The summed E-state index contributed by atoms with van der Waals surface area (Å²) in [6.45, 7) is 3.55. The van der Waals surface area contributed by atoms with Crippen molar-refractivity contribution in [3.8, 4) is 0 Å². The average molecular weight is 244 g/mol. The van der Waals surface area contributed by atoms with Gasteiger partial charge in [-0.15, -0.1) is 0 Å². The van der Waals surface area contributed by atoms with Crippen LogP contribution >= 0.6 is 11.6 Å². The molecule has 80 valence electrons. The summed E-state index contributed by atoms with van der Waals surface area (Å²) in [5, 5.41) is -0.667. The zero-order chi connectivity index (χ0) is 11.4. The molecular formula is C10H8ClO3S-. The van der Waals surface area contributed by atoms with Crippen LogP contribution in [0.2, 0.25) is 0 Å². The van der Waals surface area contributed by atoms with Crippen LogP contribution in [0.4, 0.5) is 0 Å². The van der Waals surface area contributed by atoms with Gasteiger partial charge in [-0.25, -0.2) is 0 Å². The van der Waals surface area contributed by atoms with Crippen LogP contribution in [-0.2, 0) is 16.8 Å². The van der Waals surface area contributed by atoms with Crippen LogP contribution in [0.1, 0.15) is 21.5 Å². The Kier molecular flexibility index (Phi) is 4.20. The molecule has 1 rings (SSSR count). The van der Waals surface area contributed by atoms with Crippen LogP contribution in [-0.4, -0.2) is 14.0 Å². The predicted molar refractivity (Wildman–Crippen MR) is 59.3 cm³/mol. The van der Waals surface area contributed by atoms with Gasteiger partial charge in [-0.2, -0.15) is 0 Å². The minimum atomic E-state index is -2.24. The van der Waals surface area contributed by atoms with Gasteiger partial charge in [-0.3, -0.25) is 9.00 Å². The van der Waals surface area contributed by atoms with Gasteiger partial charge in [0.25, 0.3) is 5.24 Å². The Morgan fingerprint density at radius 3 is 2.73 bits per heavy atom. The van der Waals surface area contributed by atoms with Crippen LogP contribution in [0.15, 0.2) is 24.8 Å². The minimum Gasteiger partial charge on any atom is -0.772 e. The van der Waals surface area contributed by atoms with Gasteiger partial charge in [0.15, 0.2) is 0 Å². The van der Waals surface area contributed by atoms with E-state index in [1.807, 2.05) is 0 Å². The first-order chi connectivity index (χ1) is 7.04. The largest absolute Gasteiger partial charge is 0.772 e. The maximum absolute atomic E-state index is 11.0. The fourth-order valence-electron chi connectivity index (χ4n) is 1.16. The Hall–Kier alpha value is -0.970. The molecule has 0 spiro atoms. The van der Waals surface area contributed by atoms with E-state index in [2.05, 4.69) is 6.58 Å². The van der Waals surface area contributed by atoms with E-state index in [-0.39, 0.29) is 11.3 Å². The van der Waals surface area contributed by atoms with E-state index in [0.717, 1.165) is 5.56 Å². The van der Waals surface area contributed by atoms with Gasteiger partial charge in [0, 0.05) is 11.3 Å². The first kappa shape index (κ1) is 12.1. The minimum absolute atomic E-state index is 0.207. The van der Waals surface area contributed by atoms with E-state index >= 15 is 0 Å². The zero-order valence-electron chi connectivity index (χ0n) is 7.73. The highest BCUT2D eigenvalue weighted by Gasteiger charge is 2.09. The van der Waals surface area contributed by atoms with Gasteiger partial charge in [0.1, 0.15) is 0 Å². The van der Waals surface area contributed by atoms with E-state index in [1.54, 1.807) is 18.2 Å². The first-order valence-electron chi connectivity index (χ1n) is 4.05. The lowest BCUT2D eigenvalue weighted by Gasteiger charge is -2.09. The van der Waals surface area contributed by atoms with Gasteiger partial charge in [-0.05, 0) is 28.8 Å². The molecule has 15 heavy (non-hydrogen) atoms. The van der Waals surface area contributed by atoms with Crippen molar-refractivity contribution in [2.24, 2.45) is 0 Å². The van der Waals surface area contributed by atoms with Crippen molar-refractivity contribution in [3.05, 3.63) is 41.5 Å². The lowest BCUT2D eigenvalue weighted by Crippen LogP contribution is -2.01. The smallest absolute Gasteiger partial charge is 0.252 e. The molecule has 0 fully saturated rings. The third kappa shape index (κ3) is 3.27. The molecule has 3 nitrogen and oxygen atoms in total. The summed E-state index contributed by atoms with van der Waals surface area (Å²) < 4.78 is 21.0. The average Bonchev–Trinajstić information content (AvgIpc) is 2.17. The van der Waals surface area contributed by atoms with Crippen LogP contribution in [0.3, 0.4) is 0 Å². The summed E-state index contributed by atoms with van der Waals surface area (Å²) in [5.74, 6) is -0.217. The van der Waals surface area contributed by atoms with Crippen LogP contribution < -0.4 is 0 Å². The summed E-state index contributed by atoms with van der Waals surface area (Å²) in [6, 6.07) is 4.76. The predicted octanol–water partition coefficient (Wildman–Crippen LogP) is 2.09. The molecule has 0 bridgehead atoms. The molecule has 0 aromatic heterocycles. The molecule has 1 aromatic rings. The number of rotatable bonds is 4. The van der Waals surface area contributed by atoms with Crippen molar-refractivity contribution in [3.63, 3.8) is 0 Å². The van der Waals surface area contributed by atoms with E-state index in [9.17, 15) is 13.6 Å². The summed E-state index contributed by atoms with van der Waals surface area (Å²) >= 11 is 3.11. The second-order valence-electron chi connectivity index (χ2n) is 2.84. The quantitative estimate of drug-likeness (QED) is 0.601. The van der Waals surface area contributed by atoms with Crippen LogP contribution in [0.5, 0.6) is 0 Å². The van der Waals surface area contributed by atoms with Crippen molar-refractivity contribution in [2.75, 3.05) is 0 Å². The molecule has 0 amide bonds. The summed E-state index contributed by atoms with van der Waals surface area (Å²) in [4.78, 5) is 11.0. The van der Waals surface area contributed by atoms with Crippen molar-refractivity contribution < 1.29 is 13.6 Å². The Balaban J connectivity index is 3.20. The zero-order valence-corrected chi connectivity index (χ0v) is 9.31. The lowest BCUT2D eigenvalue weighted by molar-refractivity contribution is 0.108. The summed E-state index contributed by atoms with van der Waals surface area (Å²) in [6.07, 6.45) is 1.56. The second-order valence-corrected chi connectivity index (χ2v) is 4.08. The number of carbonyl (C=O) groups is 1. The SMILES string of the molecule is C=Cc1ccc(CS(=O)[O-])c(C(=O)Cl)c1. The van der Waals surface area contributed by atoms with Crippen molar-refractivity contribution >= 4 is 34.0 Å². The number of benzene rings is 1. The monoisotopic (exact) mass is 243 g/mol. The Labute approximate surface area is 95.0 Å². The molecule has 0 aliphatic heterocycles. The third-order valence-corrected chi connectivity index (χ3v) is 2.61. The van der Waals surface area contributed by atoms with Crippen LogP contribution in [0.25, 0.3) is 6.08 Å². The molecule has 0 N–H and O–H groups in total. The molecule has 0 saturated heterocycles. The number of carbonyl (C=O) groups excluding carboxylic acids is 1.